The quantitative estimate of drug-likeness (QED) is 0.807. The number of alkyl halides is 2. The van der Waals surface area contributed by atoms with Gasteiger partial charge in [-0.05, 0) is 48.9 Å². The summed E-state index contributed by atoms with van der Waals surface area (Å²) in [4.78, 5) is 25.1. The van der Waals surface area contributed by atoms with Crippen molar-refractivity contribution in [3.8, 4) is 0 Å². The average molecular weight is 389 g/mol. The first kappa shape index (κ1) is 18.9. The normalized spacial score (nSPS) is 22.5. The standard InChI is InChI=1S/C21H25F2N3O2/c1-25-12-18(17-10-16(24-13-27)2-3-19(17)25)14-5-8-26(9-6-14)20(28)15-4-7-21(22,23)11-15/h2-3,10,12-15H,4-9,11H2,1H3,(H,24,27). The molecule has 1 unspecified atom stereocenters. The number of halogens is 2. The zero-order valence-electron chi connectivity index (χ0n) is 16.0. The molecule has 1 aliphatic heterocycles. The lowest BCUT2D eigenvalue weighted by Crippen LogP contribution is -2.41. The van der Waals surface area contributed by atoms with Crippen LogP contribution < -0.4 is 5.32 Å². The molecule has 2 aliphatic rings. The number of likely N-dealkylation sites (tertiary alicyclic amines) is 1. The Morgan fingerprint density at radius 1 is 1.25 bits per heavy atom. The van der Waals surface area contributed by atoms with Gasteiger partial charge in [0.05, 0.1) is 0 Å². The fraction of sp³-hybridized carbons (Fsp3) is 0.524. The zero-order valence-corrected chi connectivity index (χ0v) is 16.0. The number of fused-ring (bicyclic) bond motifs is 1. The molecule has 1 aliphatic carbocycles. The summed E-state index contributed by atoms with van der Waals surface area (Å²) in [6.45, 7) is 1.21. The van der Waals surface area contributed by atoms with Crippen molar-refractivity contribution < 1.29 is 18.4 Å². The van der Waals surface area contributed by atoms with Crippen LogP contribution in [-0.2, 0) is 16.6 Å². The summed E-state index contributed by atoms with van der Waals surface area (Å²) in [6.07, 6.45) is 4.24. The van der Waals surface area contributed by atoms with Gasteiger partial charge >= 0.3 is 0 Å². The van der Waals surface area contributed by atoms with Gasteiger partial charge in [0, 0.05) is 61.7 Å². The third-order valence-electron chi connectivity index (χ3n) is 6.25. The molecule has 1 saturated heterocycles. The number of aromatic nitrogens is 1. The number of nitrogens with one attached hydrogen (secondary N) is 1. The average Bonchev–Trinajstić information content (AvgIpc) is 3.21. The highest BCUT2D eigenvalue weighted by Gasteiger charge is 2.44. The maximum Gasteiger partial charge on any atom is 0.248 e. The number of carbonyl (C=O) groups is 2. The topological polar surface area (TPSA) is 54.3 Å². The smallest absolute Gasteiger partial charge is 0.248 e. The van der Waals surface area contributed by atoms with Gasteiger partial charge in [-0.3, -0.25) is 9.59 Å². The van der Waals surface area contributed by atoms with E-state index in [9.17, 15) is 18.4 Å². The Morgan fingerprint density at radius 2 is 2.00 bits per heavy atom. The van der Waals surface area contributed by atoms with Crippen molar-refractivity contribution >= 4 is 28.9 Å². The molecule has 150 valence electrons. The van der Waals surface area contributed by atoms with Crippen molar-refractivity contribution in [1.29, 1.82) is 0 Å². The van der Waals surface area contributed by atoms with Crippen LogP contribution in [0.15, 0.2) is 24.4 Å². The highest BCUT2D eigenvalue weighted by Crippen LogP contribution is 2.41. The first-order chi connectivity index (χ1) is 13.4. The number of anilines is 1. The summed E-state index contributed by atoms with van der Waals surface area (Å²) in [5.41, 5.74) is 3.06. The van der Waals surface area contributed by atoms with E-state index in [-0.39, 0.29) is 18.7 Å². The minimum absolute atomic E-state index is 0.106. The summed E-state index contributed by atoms with van der Waals surface area (Å²) in [6, 6.07) is 5.85. The Kier molecular flexibility index (Phi) is 4.85. The van der Waals surface area contributed by atoms with E-state index in [2.05, 4.69) is 16.1 Å². The van der Waals surface area contributed by atoms with Gasteiger partial charge in [-0.1, -0.05) is 0 Å². The van der Waals surface area contributed by atoms with Crippen LogP contribution in [0.2, 0.25) is 0 Å². The summed E-state index contributed by atoms with van der Waals surface area (Å²) in [7, 11) is 2.00. The van der Waals surface area contributed by atoms with E-state index < -0.39 is 11.8 Å². The summed E-state index contributed by atoms with van der Waals surface area (Å²) in [5.74, 6) is -3.01. The molecule has 2 fully saturated rings. The molecule has 1 saturated carbocycles. The van der Waals surface area contributed by atoms with Crippen LogP contribution in [-0.4, -0.2) is 40.8 Å². The summed E-state index contributed by atoms with van der Waals surface area (Å²) < 4.78 is 29.0. The Hall–Kier alpha value is -2.44. The van der Waals surface area contributed by atoms with E-state index in [1.165, 1.54) is 5.56 Å². The molecule has 0 bridgehead atoms. The number of rotatable bonds is 4. The first-order valence-electron chi connectivity index (χ1n) is 9.84. The Balaban J connectivity index is 1.47. The monoisotopic (exact) mass is 389 g/mol. The van der Waals surface area contributed by atoms with E-state index in [1.807, 2.05) is 25.2 Å². The van der Waals surface area contributed by atoms with Gasteiger partial charge < -0.3 is 14.8 Å². The molecule has 1 aromatic carbocycles. The maximum atomic E-state index is 13.4. The second-order valence-corrected chi connectivity index (χ2v) is 8.08. The number of aryl methyl sites for hydroxylation is 1. The number of hydrogen-bond acceptors (Lipinski definition) is 2. The maximum absolute atomic E-state index is 13.4. The van der Waals surface area contributed by atoms with E-state index >= 15 is 0 Å². The number of hydrogen-bond donors (Lipinski definition) is 1. The van der Waals surface area contributed by atoms with Crippen molar-refractivity contribution in [2.24, 2.45) is 13.0 Å². The van der Waals surface area contributed by atoms with E-state index in [4.69, 9.17) is 0 Å². The molecule has 4 rings (SSSR count). The van der Waals surface area contributed by atoms with Crippen LogP contribution in [0, 0.1) is 5.92 Å². The third-order valence-corrected chi connectivity index (χ3v) is 6.25. The number of carbonyl (C=O) groups excluding carboxylic acids is 2. The Morgan fingerprint density at radius 3 is 2.64 bits per heavy atom. The molecule has 28 heavy (non-hydrogen) atoms. The predicted octanol–water partition coefficient (Wildman–Crippen LogP) is 3.89. The highest BCUT2D eigenvalue weighted by atomic mass is 19.3. The number of benzene rings is 1. The second-order valence-electron chi connectivity index (χ2n) is 8.08. The van der Waals surface area contributed by atoms with E-state index in [0.29, 0.717) is 31.8 Å². The van der Waals surface area contributed by atoms with Crippen LogP contribution in [0.3, 0.4) is 0 Å². The third kappa shape index (κ3) is 3.50. The summed E-state index contributed by atoms with van der Waals surface area (Å²) >= 11 is 0. The van der Waals surface area contributed by atoms with Crippen molar-refractivity contribution in [2.75, 3.05) is 18.4 Å². The SMILES string of the molecule is Cn1cc(C2CCN(C(=O)C3CCC(F)(F)C3)CC2)c2cc(NC=O)ccc21. The number of nitrogens with zero attached hydrogens (tertiary/aromatic N) is 2. The van der Waals surface area contributed by atoms with E-state index in [0.717, 1.165) is 29.4 Å². The molecule has 1 N–H and O–H groups in total. The molecule has 0 spiro atoms. The predicted molar refractivity (Wildman–Crippen MR) is 103 cm³/mol. The molecule has 5 nitrogen and oxygen atoms in total. The van der Waals surface area contributed by atoms with Gasteiger partial charge in [0.1, 0.15) is 0 Å². The number of piperidine rings is 1. The lowest BCUT2D eigenvalue weighted by atomic mass is 9.88. The van der Waals surface area contributed by atoms with E-state index in [1.54, 1.807) is 4.90 Å². The molecule has 7 heteroatoms. The van der Waals surface area contributed by atoms with Gasteiger partial charge in [0.25, 0.3) is 0 Å². The first-order valence-corrected chi connectivity index (χ1v) is 9.84. The van der Waals surface area contributed by atoms with Crippen LogP contribution in [0.5, 0.6) is 0 Å². The zero-order chi connectivity index (χ0) is 19.9. The second kappa shape index (κ2) is 7.18. The van der Waals surface area contributed by atoms with Gasteiger partial charge in [-0.25, -0.2) is 8.78 Å². The molecular weight excluding hydrogens is 364 g/mol. The number of amides is 2. The van der Waals surface area contributed by atoms with Gasteiger partial charge in [0.15, 0.2) is 0 Å². The fourth-order valence-electron chi connectivity index (χ4n) is 4.74. The Labute approximate surface area is 162 Å². The molecule has 2 heterocycles. The van der Waals surface area contributed by atoms with Crippen LogP contribution in [0.25, 0.3) is 10.9 Å². The van der Waals surface area contributed by atoms with Gasteiger partial charge in [-0.2, -0.15) is 0 Å². The molecule has 0 radical (unpaired) electrons. The molecule has 1 atom stereocenters. The van der Waals surface area contributed by atoms with Crippen molar-refractivity contribution in [1.82, 2.24) is 9.47 Å². The van der Waals surface area contributed by atoms with Crippen molar-refractivity contribution in [2.45, 2.75) is 43.9 Å². The van der Waals surface area contributed by atoms with Crippen LogP contribution in [0.1, 0.15) is 43.6 Å². The van der Waals surface area contributed by atoms with Crippen LogP contribution >= 0.6 is 0 Å². The fourth-order valence-corrected chi connectivity index (χ4v) is 4.74. The summed E-state index contributed by atoms with van der Waals surface area (Å²) in [5, 5.41) is 3.80. The Bertz CT molecular complexity index is 900. The largest absolute Gasteiger partial charge is 0.350 e. The van der Waals surface area contributed by atoms with Crippen molar-refractivity contribution in [3.05, 3.63) is 30.0 Å². The van der Waals surface area contributed by atoms with Gasteiger partial charge in [0.2, 0.25) is 18.2 Å². The lowest BCUT2D eigenvalue weighted by molar-refractivity contribution is -0.137. The minimum atomic E-state index is -2.69. The molecule has 2 amide bonds. The molecular formula is C21H25F2N3O2. The van der Waals surface area contributed by atoms with Gasteiger partial charge in [-0.15, -0.1) is 0 Å². The van der Waals surface area contributed by atoms with Crippen molar-refractivity contribution in [3.63, 3.8) is 0 Å². The molecule has 1 aromatic heterocycles. The minimum Gasteiger partial charge on any atom is -0.350 e. The highest BCUT2D eigenvalue weighted by molar-refractivity contribution is 5.89. The van der Waals surface area contributed by atoms with Crippen LogP contribution in [0.4, 0.5) is 14.5 Å². The molecule has 2 aromatic rings. The lowest BCUT2D eigenvalue weighted by Gasteiger charge is -2.33.